The van der Waals surface area contributed by atoms with Gasteiger partial charge in [0.1, 0.15) is 17.8 Å². The molecule has 0 aliphatic carbocycles. The molecule has 0 aromatic heterocycles. The highest BCUT2D eigenvalue weighted by Gasteiger charge is 2.32. The monoisotopic (exact) mass is 264 g/mol. The van der Waals surface area contributed by atoms with E-state index in [4.69, 9.17) is 16.3 Å². The van der Waals surface area contributed by atoms with Crippen LogP contribution in [0.1, 0.15) is 11.1 Å². The number of nitriles is 2. The van der Waals surface area contributed by atoms with E-state index in [0.29, 0.717) is 0 Å². The number of hydrogen-bond acceptors (Lipinski definition) is 4. The molecule has 0 radical (unpaired) electrons. The average Bonchev–Trinajstić information content (AvgIpc) is 2.38. The van der Waals surface area contributed by atoms with E-state index in [2.05, 4.69) is 4.99 Å². The van der Waals surface area contributed by atoms with Gasteiger partial charge in [-0.2, -0.15) is 23.7 Å². The van der Waals surface area contributed by atoms with Gasteiger partial charge in [0.05, 0.1) is 5.56 Å². The number of nitrogens with two attached hydrogens (primary N) is 1. The van der Waals surface area contributed by atoms with Gasteiger partial charge in [0.25, 0.3) is 0 Å². The molecule has 0 fully saturated rings. The molecular weight excluding hydrogens is 257 g/mol. The van der Waals surface area contributed by atoms with Gasteiger partial charge in [-0.3, -0.25) is 0 Å². The first kappa shape index (κ1) is 14.3. The highest BCUT2D eigenvalue weighted by molar-refractivity contribution is 5.83. The van der Waals surface area contributed by atoms with Crippen LogP contribution in [0.3, 0.4) is 0 Å². The SMILES string of the molecule is N#C/C(N)=C(/C#N)N=Cc1ccccc1C(F)(F)F. The second kappa shape index (κ2) is 5.69. The molecule has 0 atom stereocenters. The normalized spacial score (nSPS) is 12.7. The minimum absolute atomic E-state index is 0.214. The number of rotatable bonds is 2. The summed E-state index contributed by atoms with van der Waals surface area (Å²) in [5.74, 6) is 0. The minimum Gasteiger partial charge on any atom is -0.388 e. The summed E-state index contributed by atoms with van der Waals surface area (Å²) in [6.07, 6.45) is -3.68. The van der Waals surface area contributed by atoms with E-state index < -0.39 is 23.1 Å². The van der Waals surface area contributed by atoms with Crippen LogP contribution in [0.2, 0.25) is 0 Å². The van der Waals surface area contributed by atoms with E-state index in [1.807, 2.05) is 0 Å². The van der Waals surface area contributed by atoms with Gasteiger partial charge >= 0.3 is 6.18 Å². The summed E-state index contributed by atoms with van der Waals surface area (Å²) < 4.78 is 38.0. The van der Waals surface area contributed by atoms with E-state index in [0.717, 1.165) is 12.3 Å². The Morgan fingerprint density at radius 1 is 1.21 bits per heavy atom. The van der Waals surface area contributed by atoms with E-state index >= 15 is 0 Å². The fraction of sp³-hybridized carbons (Fsp3) is 0.0833. The Morgan fingerprint density at radius 3 is 2.37 bits per heavy atom. The fourth-order valence-electron chi connectivity index (χ4n) is 1.21. The second-order valence-corrected chi connectivity index (χ2v) is 3.33. The molecule has 0 aliphatic heterocycles. The second-order valence-electron chi connectivity index (χ2n) is 3.33. The summed E-state index contributed by atoms with van der Waals surface area (Å²) in [6.45, 7) is 0. The van der Waals surface area contributed by atoms with Crippen LogP contribution >= 0.6 is 0 Å². The molecule has 0 saturated heterocycles. The van der Waals surface area contributed by atoms with Crippen molar-refractivity contribution < 1.29 is 13.2 Å². The van der Waals surface area contributed by atoms with Crippen LogP contribution in [0.25, 0.3) is 0 Å². The largest absolute Gasteiger partial charge is 0.417 e. The zero-order chi connectivity index (χ0) is 14.5. The maximum absolute atomic E-state index is 12.7. The van der Waals surface area contributed by atoms with E-state index in [9.17, 15) is 13.2 Å². The summed E-state index contributed by atoms with van der Waals surface area (Å²) in [5.41, 5.74) is 3.19. The van der Waals surface area contributed by atoms with Crippen LogP contribution < -0.4 is 5.73 Å². The number of alkyl halides is 3. The Hall–Kier alpha value is -2.80. The highest BCUT2D eigenvalue weighted by atomic mass is 19.4. The molecule has 0 spiro atoms. The van der Waals surface area contributed by atoms with E-state index in [1.165, 1.54) is 30.3 Å². The molecule has 0 heterocycles. The van der Waals surface area contributed by atoms with E-state index in [1.54, 1.807) is 0 Å². The van der Waals surface area contributed by atoms with Crippen LogP contribution in [0.4, 0.5) is 13.2 Å². The number of hydrogen-bond donors (Lipinski definition) is 1. The molecule has 0 amide bonds. The zero-order valence-corrected chi connectivity index (χ0v) is 9.44. The number of aliphatic imine (C=N–C) groups is 1. The standard InChI is InChI=1S/C12H7F3N4/c13-12(14,15)9-4-2-1-3-8(9)7-19-11(6-17)10(18)5-16/h1-4,7H,18H2/b11-10+,19-7?. The molecule has 1 aromatic carbocycles. The van der Waals surface area contributed by atoms with Crippen molar-refractivity contribution in [1.29, 1.82) is 10.5 Å². The molecule has 1 rings (SSSR count). The topological polar surface area (TPSA) is 86.0 Å². The predicted molar refractivity (Wildman–Crippen MR) is 61.5 cm³/mol. The lowest BCUT2D eigenvalue weighted by Gasteiger charge is -2.08. The molecule has 7 heteroatoms. The maximum Gasteiger partial charge on any atom is 0.417 e. The van der Waals surface area contributed by atoms with Gasteiger partial charge in [-0.25, -0.2) is 4.99 Å². The lowest BCUT2D eigenvalue weighted by molar-refractivity contribution is -0.137. The summed E-state index contributed by atoms with van der Waals surface area (Å²) in [6, 6.07) is 7.77. The van der Waals surface area contributed by atoms with Gasteiger partial charge < -0.3 is 5.73 Å². The van der Waals surface area contributed by atoms with Gasteiger partial charge in [0.15, 0.2) is 5.70 Å². The fourth-order valence-corrected chi connectivity index (χ4v) is 1.21. The molecule has 0 aliphatic rings. The zero-order valence-electron chi connectivity index (χ0n) is 9.44. The van der Waals surface area contributed by atoms with Crippen LogP contribution in [0.5, 0.6) is 0 Å². The third-order valence-corrected chi connectivity index (χ3v) is 2.08. The Morgan fingerprint density at radius 2 is 1.84 bits per heavy atom. The van der Waals surface area contributed by atoms with Crippen molar-refractivity contribution in [2.75, 3.05) is 0 Å². The summed E-state index contributed by atoms with van der Waals surface area (Å²) in [5, 5.41) is 17.1. The van der Waals surface area contributed by atoms with E-state index in [-0.39, 0.29) is 5.56 Å². The summed E-state index contributed by atoms with van der Waals surface area (Å²) in [7, 11) is 0. The Kier molecular flexibility index (Phi) is 4.27. The minimum atomic E-state index is -4.53. The Labute approximate surface area is 106 Å². The van der Waals surface area contributed by atoms with Gasteiger partial charge in [-0.15, -0.1) is 0 Å². The number of halogens is 3. The van der Waals surface area contributed by atoms with Crippen molar-refractivity contribution in [2.45, 2.75) is 6.18 Å². The predicted octanol–water partition coefficient (Wildman–Crippen LogP) is 2.34. The van der Waals surface area contributed by atoms with Gasteiger partial charge in [-0.1, -0.05) is 18.2 Å². The van der Waals surface area contributed by atoms with Gasteiger partial charge in [0, 0.05) is 11.8 Å². The molecule has 0 saturated carbocycles. The summed E-state index contributed by atoms with van der Waals surface area (Å²) in [4.78, 5) is 3.50. The molecule has 0 bridgehead atoms. The maximum atomic E-state index is 12.7. The molecular formula is C12H7F3N4. The molecule has 2 N–H and O–H groups in total. The van der Waals surface area contributed by atoms with Crippen molar-refractivity contribution in [1.82, 2.24) is 0 Å². The first-order valence-electron chi connectivity index (χ1n) is 4.90. The first-order valence-corrected chi connectivity index (χ1v) is 4.90. The van der Waals surface area contributed by atoms with Gasteiger partial charge in [0.2, 0.25) is 0 Å². The molecule has 0 unspecified atom stereocenters. The highest BCUT2D eigenvalue weighted by Crippen LogP contribution is 2.31. The van der Waals surface area contributed by atoms with Crippen molar-refractivity contribution >= 4 is 6.21 Å². The third kappa shape index (κ3) is 3.58. The third-order valence-electron chi connectivity index (χ3n) is 2.08. The number of allylic oxidation sites excluding steroid dienone is 2. The smallest absolute Gasteiger partial charge is 0.388 e. The number of nitrogens with zero attached hydrogens (tertiary/aromatic N) is 3. The van der Waals surface area contributed by atoms with Crippen molar-refractivity contribution in [3.63, 3.8) is 0 Å². The van der Waals surface area contributed by atoms with Crippen molar-refractivity contribution in [2.24, 2.45) is 10.7 Å². The van der Waals surface area contributed by atoms with Gasteiger partial charge in [-0.05, 0) is 6.07 Å². The Bertz CT molecular complexity index is 615. The molecule has 96 valence electrons. The molecule has 1 aromatic rings. The lowest BCUT2D eigenvalue weighted by Crippen LogP contribution is -2.08. The molecule has 4 nitrogen and oxygen atoms in total. The van der Waals surface area contributed by atoms with Crippen molar-refractivity contribution in [3.8, 4) is 12.1 Å². The Balaban J connectivity index is 3.23. The van der Waals surface area contributed by atoms with Crippen LogP contribution in [0, 0.1) is 22.7 Å². The molecule has 19 heavy (non-hydrogen) atoms. The summed E-state index contributed by atoms with van der Waals surface area (Å²) >= 11 is 0. The van der Waals surface area contributed by atoms with Crippen LogP contribution in [-0.2, 0) is 6.18 Å². The lowest BCUT2D eigenvalue weighted by atomic mass is 10.1. The first-order chi connectivity index (χ1) is 8.90. The average molecular weight is 264 g/mol. The van der Waals surface area contributed by atoms with Crippen LogP contribution in [-0.4, -0.2) is 6.21 Å². The quantitative estimate of drug-likeness (QED) is 0.657. The van der Waals surface area contributed by atoms with Crippen molar-refractivity contribution in [3.05, 3.63) is 46.8 Å². The number of benzene rings is 1. The van der Waals surface area contributed by atoms with Crippen LogP contribution in [0.15, 0.2) is 40.7 Å².